The number of fused-ring (bicyclic) bond motifs is 2. The van der Waals surface area contributed by atoms with Gasteiger partial charge in [0.1, 0.15) is 13.2 Å². The van der Waals surface area contributed by atoms with Crippen LogP contribution in [0.3, 0.4) is 0 Å². The molecular formula is C31H33N5O4. The van der Waals surface area contributed by atoms with E-state index in [9.17, 15) is 9.59 Å². The van der Waals surface area contributed by atoms with Gasteiger partial charge in [-0.15, -0.1) is 0 Å². The molecule has 1 fully saturated rings. The van der Waals surface area contributed by atoms with Gasteiger partial charge in [0, 0.05) is 67.8 Å². The number of benzene rings is 3. The quantitative estimate of drug-likeness (QED) is 0.413. The van der Waals surface area contributed by atoms with Crippen LogP contribution in [0.1, 0.15) is 27.0 Å². The molecule has 3 aliphatic heterocycles. The molecule has 0 atom stereocenters. The van der Waals surface area contributed by atoms with Crippen LogP contribution < -0.4 is 25.4 Å². The monoisotopic (exact) mass is 539 g/mol. The van der Waals surface area contributed by atoms with Gasteiger partial charge in [0.25, 0.3) is 11.8 Å². The van der Waals surface area contributed by atoms with Crippen molar-refractivity contribution < 1.29 is 19.1 Å². The van der Waals surface area contributed by atoms with Crippen molar-refractivity contribution in [2.24, 2.45) is 0 Å². The normalized spacial score (nSPS) is 18.1. The molecule has 6 rings (SSSR count). The molecule has 2 amide bonds. The maximum atomic E-state index is 13.4. The molecule has 0 unspecified atom stereocenters. The molecule has 0 aliphatic carbocycles. The summed E-state index contributed by atoms with van der Waals surface area (Å²) in [5.74, 6) is 0.864. The molecule has 1 saturated heterocycles. The zero-order valence-electron chi connectivity index (χ0n) is 22.8. The van der Waals surface area contributed by atoms with Crippen LogP contribution in [0.5, 0.6) is 11.5 Å². The van der Waals surface area contributed by atoms with Gasteiger partial charge in [-0.3, -0.25) is 14.5 Å². The maximum Gasteiger partial charge on any atom is 0.258 e. The number of carbonyl (C=O) groups is 2. The van der Waals surface area contributed by atoms with Crippen LogP contribution in [0.2, 0.25) is 0 Å². The highest BCUT2D eigenvalue weighted by molar-refractivity contribution is 6.37. The van der Waals surface area contributed by atoms with Gasteiger partial charge in [-0.1, -0.05) is 18.2 Å². The molecule has 3 aromatic carbocycles. The minimum absolute atomic E-state index is 0.212. The Bertz CT molecular complexity index is 1480. The number of piperazine rings is 1. The molecule has 206 valence electrons. The van der Waals surface area contributed by atoms with Crippen molar-refractivity contribution in [2.45, 2.75) is 6.54 Å². The zero-order chi connectivity index (χ0) is 27.6. The first kappa shape index (κ1) is 25.9. The van der Waals surface area contributed by atoms with E-state index in [4.69, 9.17) is 9.47 Å². The molecule has 9 heteroatoms. The first-order chi connectivity index (χ1) is 19.5. The molecule has 0 bridgehead atoms. The number of nitrogens with one attached hydrogen (secondary N) is 3. The van der Waals surface area contributed by atoms with Crippen molar-refractivity contribution >= 4 is 34.5 Å². The number of nitrogens with zero attached hydrogens (tertiary/aromatic N) is 2. The highest BCUT2D eigenvalue weighted by Crippen LogP contribution is 2.40. The average molecular weight is 540 g/mol. The topological polar surface area (TPSA) is 95.2 Å². The Labute approximate surface area is 233 Å². The Hall–Kier alpha value is -4.34. The molecule has 3 aliphatic rings. The number of carbonyl (C=O) groups excluding carboxylic acids is 2. The number of hydrogen-bond donors (Lipinski definition) is 3. The Balaban J connectivity index is 1.35. The van der Waals surface area contributed by atoms with Crippen molar-refractivity contribution in [3.63, 3.8) is 0 Å². The van der Waals surface area contributed by atoms with Crippen LogP contribution in [-0.2, 0) is 11.3 Å². The van der Waals surface area contributed by atoms with Gasteiger partial charge >= 0.3 is 0 Å². The maximum absolute atomic E-state index is 13.4. The van der Waals surface area contributed by atoms with Crippen molar-refractivity contribution in [3.05, 3.63) is 82.9 Å². The van der Waals surface area contributed by atoms with Crippen LogP contribution in [0.15, 0.2) is 60.7 Å². The van der Waals surface area contributed by atoms with E-state index in [2.05, 4.69) is 44.9 Å². The molecule has 0 radical (unpaired) electrons. The molecule has 3 aromatic rings. The lowest BCUT2D eigenvalue weighted by molar-refractivity contribution is -0.110. The molecule has 3 N–H and O–H groups in total. The zero-order valence-corrected chi connectivity index (χ0v) is 22.8. The van der Waals surface area contributed by atoms with Crippen LogP contribution in [-0.4, -0.2) is 75.1 Å². The fourth-order valence-electron chi connectivity index (χ4n) is 5.29. The second-order valence-corrected chi connectivity index (χ2v) is 10.3. The Morgan fingerprint density at radius 1 is 0.900 bits per heavy atom. The van der Waals surface area contributed by atoms with Crippen LogP contribution >= 0.6 is 0 Å². The van der Waals surface area contributed by atoms with E-state index >= 15 is 0 Å². The van der Waals surface area contributed by atoms with Crippen molar-refractivity contribution in [2.75, 3.05) is 64.1 Å². The fourth-order valence-corrected chi connectivity index (χ4v) is 5.29. The third-order valence-electron chi connectivity index (χ3n) is 7.56. The lowest BCUT2D eigenvalue weighted by Gasteiger charge is -2.32. The summed E-state index contributed by atoms with van der Waals surface area (Å²) >= 11 is 0. The van der Waals surface area contributed by atoms with Crippen molar-refractivity contribution in [1.82, 2.24) is 15.1 Å². The highest BCUT2D eigenvalue weighted by Gasteiger charge is 2.30. The standard InChI is InChI=1S/C31H33N5O4/c1-32-30(37)22-5-9-24-25(17-22)34-31(38)28(24)29(21-6-10-26-27(18-21)40-16-15-39-26)33-23-7-3-20(4-8-23)19-36-13-11-35(2)12-14-36/h3-10,17-18,33H,11-16,19H2,1-2H3,(H,32,37)(H,34,38). The third-order valence-corrected chi connectivity index (χ3v) is 7.56. The molecule has 0 saturated carbocycles. The minimum Gasteiger partial charge on any atom is -0.486 e. The van der Waals surface area contributed by atoms with Crippen molar-refractivity contribution in [1.29, 1.82) is 0 Å². The largest absolute Gasteiger partial charge is 0.486 e. The summed E-state index contributed by atoms with van der Waals surface area (Å²) in [7, 11) is 3.75. The van der Waals surface area contributed by atoms with Crippen LogP contribution in [0, 0.1) is 0 Å². The predicted molar refractivity (Wildman–Crippen MR) is 156 cm³/mol. The second kappa shape index (κ2) is 11.0. The molecule has 40 heavy (non-hydrogen) atoms. The molecule has 0 spiro atoms. The molecular weight excluding hydrogens is 506 g/mol. The Kier molecular flexibility index (Phi) is 7.15. The lowest BCUT2D eigenvalue weighted by Crippen LogP contribution is -2.43. The van der Waals surface area contributed by atoms with Gasteiger partial charge in [0.05, 0.1) is 11.3 Å². The summed E-state index contributed by atoms with van der Waals surface area (Å²) in [5.41, 5.74) is 5.84. The van der Waals surface area contributed by atoms with Crippen LogP contribution in [0.25, 0.3) is 11.3 Å². The third kappa shape index (κ3) is 5.25. The van der Waals surface area contributed by atoms with Gasteiger partial charge in [-0.05, 0) is 55.1 Å². The second-order valence-electron chi connectivity index (χ2n) is 10.3. The number of rotatable bonds is 6. The van der Waals surface area contributed by atoms with E-state index < -0.39 is 0 Å². The van der Waals surface area contributed by atoms with Crippen molar-refractivity contribution in [3.8, 4) is 11.5 Å². The van der Waals surface area contributed by atoms with Crippen LogP contribution in [0.4, 0.5) is 11.4 Å². The summed E-state index contributed by atoms with van der Waals surface area (Å²) in [6, 6.07) is 19.3. The highest BCUT2D eigenvalue weighted by atomic mass is 16.6. The SMILES string of the molecule is CNC(=O)c1ccc2c(c1)NC(=O)C2=C(Nc1ccc(CN2CCN(C)CC2)cc1)c1ccc2c(c1)OCCO2. The molecule has 0 aromatic heterocycles. The summed E-state index contributed by atoms with van der Waals surface area (Å²) in [5, 5.41) is 9.09. The number of amides is 2. The van der Waals surface area contributed by atoms with E-state index in [1.54, 1.807) is 19.2 Å². The van der Waals surface area contributed by atoms with E-state index in [1.165, 1.54) is 5.56 Å². The van der Waals surface area contributed by atoms with E-state index in [0.717, 1.165) is 49.5 Å². The summed E-state index contributed by atoms with van der Waals surface area (Å²) in [4.78, 5) is 30.4. The molecule has 9 nitrogen and oxygen atoms in total. The summed E-state index contributed by atoms with van der Waals surface area (Å²) in [6.07, 6.45) is 0. The number of likely N-dealkylation sites (N-methyl/N-ethyl adjacent to an activating group) is 1. The van der Waals surface area contributed by atoms with E-state index in [-0.39, 0.29) is 11.8 Å². The van der Waals surface area contributed by atoms with Gasteiger partial charge < -0.3 is 30.3 Å². The smallest absolute Gasteiger partial charge is 0.258 e. The molecule has 3 heterocycles. The van der Waals surface area contributed by atoms with E-state index in [1.807, 2.05) is 36.4 Å². The van der Waals surface area contributed by atoms with Gasteiger partial charge in [-0.2, -0.15) is 0 Å². The number of hydrogen-bond acceptors (Lipinski definition) is 7. The summed E-state index contributed by atoms with van der Waals surface area (Å²) in [6.45, 7) is 6.17. The lowest BCUT2D eigenvalue weighted by atomic mass is 9.98. The summed E-state index contributed by atoms with van der Waals surface area (Å²) < 4.78 is 11.6. The van der Waals surface area contributed by atoms with Gasteiger partial charge in [0.2, 0.25) is 0 Å². The number of anilines is 2. The first-order valence-electron chi connectivity index (χ1n) is 13.6. The first-order valence-corrected chi connectivity index (χ1v) is 13.6. The fraction of sp³-hybridized carbons (Fsp3) is 0.290. The minimum atomic E-state index is -0.242. The van der Waals surface area contributed by atoms with Gasteiger partial charge in [0.15, 0.2) is 11.5 Å². The predicted octanol–water partition coefficient (Wildman–Crippen LogP) is 3.50. The van der Waals surface area contributed by atoms with E-state index in [0.29, 0.717) is 47.2 Å². The Morgan fingerprint density at radius 2 is 1.62 bits per heavy atom. The average Bonchev–Trinajstić information content (AvgIpc) is 3.31. The van der Waals surface area contributed by atoms with Gasteiger partial charge in [-0.25, -0.2) is 0 Å². The number of ether oxygens (including phenoxy) is 2. The Morgan fingerprint density at radius 3 is 2.38 bits per heavy atom.